The number of aromatic hydroxyl groups is 1. The molecule has 4 saturated heterocycles. The van der Waals surface area contributed by atoms with Crippen LogP contribution in [0.5, 0.6) is 11.8 Å². The molecule has 0 amide bonds. The third-order valence-corrected chi connectivity index (χ3v) is 10.6. The normalized spacial score (nSPS) is 26.7. The van der Waals surface area contributed by atoms with Gasteiger partial charge in [-0.05, 0) is 98.4 Å². The molecule has 4 aliphatic heterocycles. The predicted octanol–water partition coefficient (Wildman–Crippen LogP) is 6.78. The van der Waals surface area contributed by atoms with Crippen LogP contribution in [-0.2, 0) is 6.42 Å². The van der Waals surface area contributed by atoms with E-state index in [9.17, 15) is 9.50 Å². The first kappa shape index (κ1) is 27.0. The molecule has 8 rings (SSSR count). The highest BCUT2D eigenvalue weighted by Gasteiger charge is 2.48. The topological polar surface area (TPSA) is 74.6 Å². The molecule has 6 heterocycles. The van der Waals surface area contributed by atoms with Crippen molar-refractivity contribution < 1.29 is 18.6 Å². The van der Waals surface area contributed by atoms with Gasteiger partial charge in [0.2, 0.25) is 0 Å². The number of phenols is 1. The monoisotopic (exact) mass is 585 g/mol. The Kier molecular flexibility index (Phi) is 6.26. The smallest absolute Gasteiger partial charge is 0.319 e. The summed E-state index contributed by atoms with van der Waals surface area (Å²) in [5.41, 5.74) is 0.950. The fraction of sp³-hybridized carbons (Fsp3) is 0.500. The summed E-state index contributed by atoms with van der Waals surface area (Å²) in [5, 5.41) is 12.3. The molecule has 1 N–H and O–H groups in total. The first-order valence-corrected chi connectivity index (χ1v) is 15.8. The summed E-state index contributed by atoms with van der Waals surface area (Å²) in [5.74, 6) is 0.271. The average molecular weight is 586 g/mol. The maximum absolute atomic E-state index is 16.8. The minimum absolute atomic E-state index is 0.0202. The van der Waals surface area contributed by atoms with E-state index < -0.39 is 5.82 Å². The number of nitrogens with zero attached hydrogens (tertiary/aromatic N) is 5. The van der Waals surface area contributed by atoms with Crippen LogP contribution >= 0.6 is 0 Å². The standard InChI is InChI=1S/C34H37F2N5O2/c1-3-24-27(35)10-5-20-13-23(42)14-25(28(20)24)30-29(36)31-26(16-37-30)32(41-21-6-7-22(41)9-8-21)39-33(38-31)43-18-34-11-4-12-40(34)17-19(2)15-34/h5,10,13-14,16,19,21-22,42H,3-4,6-9,11-12,15,17-18H2,1-2H3/t19-,21?,22?,34+/m1/s1. The predicted molar refractivity (Wildman–Crippen MR) is 163 cm³/mol. The molecule has 0 unspecified atom stereocenters. The summed E-state index contributed by atoms with van der Waals surface area (Å²) in [6, 6.07) is 6.95. The molecule has 2 atom stereocenters. The van der Waals surface area contributed by atoms with Gasteiger partial charge in [0.1, 0.15) is 35.2 Å². The number of aryl methyl sites for hydroxylation is 1. The zero-order chi connectivity index (χ0) is 29.5. The second kappa shape index (κ2) is 9.97. The fourth-order valence-electron chi connectivity index (χ4n) is 8.78. The number of phenolic OH excluding ortho intramolecular Hbond substituents is 1. The van der Waals surface area contributed by atoms with E-state index in [1.165, 1.54) is 12.1 Å². The number of fused-ring (bicyclic) bond motifs is 5. The molecule has 4 aliphatic rings. The summed E-state index contributed by atoms with van der Waals surface area (Å²) < 4.78 is 38.2. The average Bonchev–Trinajstić information content (AvgIpc) is 3.76. The molecule has 0 saturated carbocycles. The van der Waals surface area contributed by atoms with Gasteiger partial charge in [0.15, 0.2) is 5.82 Å². The van der Waals surface area contributed by atoms with Gasteiger partial charge in [-0.3, -0.25) is 9.88 Å². The fourth-order valence-corrected chi connectivity index (χ4v) is 8.78. The first-order chi connectivity index (χ1) is 20.8. The van der Waals surface area contributed by atoms with Gasteiger partial charge in [-0.1, -0.05) is 19.9 Å². The minimum atomic E-state index is -0.620. The van der Waals surface area contributed by atoms with Crippen LogP contribution in [-0.4, -0.2) is 62.3 Å². The molecule has 2 aromatic carbocycles. The van der Waals surface area contributed by atoms with Crippen molar-refractivity contribution in [1.82, 2.24) is 19.9 Å². The van der Waals surface area contributed by atoms with Crippen molar-refractivity contribution in [1.29, 1.82) is 0 Å². The molecule has 0 spiro atoms. The SMILES string of the molecule is CCc1c(F)ccc2cc(O)cc(-c3ncc4c(N5C6CCC5CC6)nc(OC[C@@]56CCCN5C[C@H](C)C6)nc4c3F)c12. The Morgan fingerprint density at radius 2 is 1.88 bits per heavy atom. The minimum Gasteiger partial charge on any atom is -0.508 e. The molecule has 4 aromatic rings. The van der Waals surface area contributed by atoms with Gasteiger partial charge >= 0.3 is 6.01 Å². The summed E-state index contributed by atoms with van der Waals surface area (Å²) in [4.78, 5) is 19.1. The Labute approximate surface area is 249 Å². The van der Waals surface area contributed by atoms with Crippen molar-refractivity contribution in [2.45, 2.75) is 82.8 Å². The van der Waals surface area contributed by atoms with Gasteiger partial charge in [0.25, 0.3) is 0 Å². The first-order valence-electron chi connectivity index (χ1n) is 15.8. The number of aromatic nitrogens is 3. The van der Waals surface area contributed by atoms with Crippen LogP contribution in [0.3, 0.4) is 0 Å². The van der Waals surface area contributed by atoms with Crippen LogP contribution in [0.1, 0.15) is 64.4 Å². The number of anilines is 1. The highest BCUT2D eigenvalue weighted by Crippen LogP contribution is 2.45. The highest BCUT2D eigenvalue weighted by molar-refractivity contribution is 6.01. The van der Waals surface area contributed by atoms with Gasteiger partial charge in [-0.2, -0.15) is 9.97 Å². The lowest BCUT2D eigenvalue weighted by Crippen LogP contribution is -2.43. The lowest BCUT2D eigenvalue weighted by Gasteiger charge is -2.31. The van der Waals surface area contributed by atoms with Crippen LogP contribution in [0, 0.1) is 17.6 Å². The number of hydrogen-bond donors (Lipinski definition) is 1. The summed E-state index contributed by atoms with van der Waals surface area (Å²) >= 11 is 0. The van der Waals surface area contributed by atoms with Crippen molar-refractivity contribution in [3.63, 3.8) is 0 Å². The van der Waals surface area contributed by atoms with E-state index in [0.29, 0.717) is 64.1 Å². The number of rotatable bonds is 6. The molecule has 0 radical (unpaired) electrons. The Balaban J connectivity index is 1.29. The third-order valence-electron chi connectivity index (χ3n) is 10.6. The molecule has 2 bridgehead atoms. The van der Waals surface area contributed by atoms with Gasteiger partial charge in [-0.15, -0.1) is 0 Å². The van der Waals surface area contributed by atoms with Gasteiger partial charge in [0.05, 0.1) is 10.9 Å². The molecule has 2 aromatic heterocycles. The Morgan fingerprint density at radius 3 is 2.65 bits per heavy atom. The maximum atomic E-state index is 16.8. The van der Waals surface area contributed by atoms with Crippen LogP contribution < -0.4 is 9.64 Å². The lowest BCUT2D eigenvalue weighted by atomic mass is 9.92. The number of benzene rings is 2. The van der Waals surface area contributed by atoms with Crippen molar-refractivity contribution in [2.75, 3.05) is 24.6 Å². The molecule has 7 nitrogen and oxygen atoms in total. The van der Waals surface area contributed by atoms with E-state index in [1.54, 1.807) is 18.3 Å². The summed E-state index contributed by atoms with van der Waals surface area (Å²) in [6.07, 6.45) is 9.74. The quantitative estimate of drug-likeness (QED) is 0.268. The van der Waals surface area contributed by atoms with E-state index >= 15 is 4.39 Å². The molecule has 4 fully saturated rings. The van der Waals surface area contributed by atoms with E-state index in [2.05, 4.69) is 26.7 Å². The third kappa shape index (κ3) is 4.18. The second-order valence-corrected chi connectivity index (χ2v) is 13.2. The highest BCUT2D eigenvalue weighted by atomic mass is 19.1. The molecule has 0 aliphatic carbocycles. The Bertz CT molecular complexity index is 1740. The number of ether oxygens (including phenoxy) is 1. The van der Waals surface area contributed by atoms with E-state index in [4.69, 9.17) is 9.72 Å². The van der Waals surface area contributed by atoms with Crippen molar-refractivity contribution in [3.8, 4) is 23.0 Å². The Morgan fingerprint density at radius 1 is 1.09 bits per heavy atom. The van der Waals surface area contributed by atoms with E-state index in [0.717, 1.165) is 58.0 Å². The molecule has 43 heavy (non-hydrogen) atoms. The zero-order valence-electron chi connectivity index (χ0n) is 24.7. The zero-order valence-corrected chi connectivity index (χ0v) is 24.7. The molecule has 9 heteroatoms. The largest absolute Gasteiger partial charge is 0.508 e. The van der Waals surface area contributed by atoms with Gasteiger partial charge in [0, 0.05) is 30.4 Å². The van der Waals surface area contributed by atoms with Crippen molar-refractivity contribution >= 4 is 27.5 Å². The van der Waals surface area contributed by atoms with Crippen molar-refractivity contribution in [3.05, 3.63) is 47.7 Å². The number of halogens is 2. The maximum Gasteiger partial charge on any atom is 0.319 e. The lowest BCUT2D eigenvalue weighted by molar-refractivity contribution is 0.107. The molecular formula is C34H37F2N5O2. The van der Waals surface area contributed by atoms with E-state index in [-0.39, 0.29) is 34.3 Å². The summed E-state index contributed by atoms with van der Waals surface area (Å²) in [7, 11) is 0. The summed E-state index contributed by atoms with van der Waals surface area (Å²) in [6.45, 7) is 6.79. The number of hydrogen-bond acceptors (Lipinski definition) is 7. The second-order valence-electron chi connectivity index (χ2n) is 13.2. The van der Waals surface area contributed by atoms with Crippen LogP contribution in [0.4, 0.5) is 14.6 Å². The van der Waals surface area contributed by atoms with Gasteiger partial charge in [-0.25, -0.2) is 8.78 Å². The molecular weight excluding hydrogens is 548 g/mol. The molecule has 224 valence electrons. The van der Waals surface area contributed by atoms with E-state index in [1.807, 2.05) is 6.92 Å². The van der Waals surface area contributed by atoms with Gasteiger partial charge < -0.3 is 14.7 Å². The van der Waals surface area contributed by atoms with Crippen LogP contribution in [0.25, 0.3) is 32.9 Å². The Hall–Kier alpha value is -3.59. The number of pyridine rings is 1. The van der Waals surface area contributed by atoms with Crippen LogP contribution in [0.2, 0.25) is 0 Å². The van der Waals surface area contributed by atoms with Crippen LogP contribution in [0.15, 0.2) is 30.5 Å². The van der Waals surface area contributed by atoms with Crippen molar-refractivity contribution in [2.24, 2.45) is 5.92 Å².